The number of hydrogen-bond donors (Lipinski definition) is 1. The number of fused-ring (bicyclic) bond motifs is 1. The number of halogens is 2. The van der Waals surface area contributed by atoms with Crippen LogP contribution in [0.25, 0.3) is 10.8 Å². The minimum Gasteiger partial charge on any atom is -0.328 e. The molecule has 0 saturated carbocycles. The van der Waals surface area contributed by atoms with E-state index in [0.717, 1.165) is 6.07 Å². The van der Waals surface area contributed by atoms with Crippen LogP contribution in [0.3, 0.4) is 0 Å². The molecule has 0 atom stereocenters. The van der Waals surface area contributed by atoms with Gasteiger partial charge in [0, 0.05) is 12.3 Å². The van der Waals surface area contributed by atoms with Crippen LogP contribution < -0.4 is 5.56 Å². The van der Waals surface area contributed by atoms with Gasteiger partial charge in [-0.05, 0) is 22.4 Å². The number of nitrogens with one attached hydrogen (secondary N) is 1. The molecule has 0 aliphatic carbocycles. The largest absolute Gasteiger partial charge is 0.328 e. The molecule has 1 aromatic carbocycles. The first kappa shape index (κ1) is 11.8. The maximum atomic E-state index is 13.6. The van der Waals surface area contributed by atoms with Crippen LogP contribution in [0.2, 0.25) is 0 Å². The lowest BCUT2D eigenvalue weighted by molar-refractivity contribution is 0.581. The third-order valence-corrected chi connectivity index (χ3v) is 2.73. The van der Waals surface area contributed by atoms with E-state index in [2.05, 4.69) is 4.98 Å². The van der Waals surface area contributed by atoms with E-state index < -0.39 is 17.2 Å². The van der Waals surface area contributed by atoms with Gasteiger partial charge in [0.2, 0.25) is 0 Å². The molecule has 0 unspecified atom stereocenters. The second kappa shape index (κ2) is 3.65. The number of rotatable bonds is 0. The lowest BCUT2D eigenvalue weighted by Gasteiger charge is -2.20. The van der Waals surface area contributed by atoms with Gasteiger partial charge < -0.3 is 4.98 Å². The molecule has 1 heterocycles. The Morgan fingerprint density at radius 2 is 1.82 bits per heavy atom. The van der Waals surface area contributed by atoms with E-state index in [1.807, 2.05) is 20.8 Å². The van der Waals surface area contributed by atoms with E-state index in [1.165, 1.54) is 12.3 Å². The molecule has 0 aliphatic heterocycles. The summed E-state index contributed by atoms with van der Waals surface area (Å²) in [5, 5.41) is 0.248. The maximum absolute atomic E-state index is 13.6. The molecule has 4 heteroatoms. The zero-order chi connectivity index (χ0) is 12.8. The van der Waals surface area contributed by atoms with E-state index in [-0.39, 0.29) is 10.8 Å². The van der Waals surface area contributed by atoms with E-state index in [9.17, 15) is 13.6 Å². The van der Waals surface area contributed by atoms with Gasteiger partial charge in [-0.3, -0.25) is 4.79 Å². The van der Waals surface area contributed by atoms with E-state index in [0.29, 0.717) is 10.9 Å². The molecule has 0 fully saturated rings. The minimum absolute atomic E-state index is 0.0844. The van der Waals surface area contributed by atoms with Crippen molar-refractivity contribution in [2.45, 2.75) is 26.2 Å². The molecule has 0 bridgehead atoms. The first-order valence-corrected chi connectivity index (χ1v) is 5.31. The van der Waals surface area contributed by atoms with Crippen molar-refractivity contribution in [3.05, 3.63) is 45.9 Å². The summed E-state index contributed by atoms with van der Waals surface area (Å²) in [4.78, 5) is 14.1. The average molecular weight is 237 g/mol. The van der Waals surface area contributed by atoms with Gasteiger partial charge in [0.25, 0.3) is 5.56 Å². The predicted molar refractivity (Wildman–Crippen MR) is 63.2 cm³/mol. The topological polar surface area (TPSA) is 32.9 Å². The van der Waals surface area contributed by atoms with Crippen LogP contribution in [0.1, 0.15) is 26.3 Å². The van der Waals surface area contributed by atoms with Crippen LogP contribution in [0.15, 0.2) is 23.1 Å². The second-order valence-electron chi connectivity index (χ2n) is 5.09. The minimum atomic E-state index is -0.827. The van der Waals surface area contributed by atoms with Crippen LogP contribution in [0.5, 0.6) is 0 Å². The Bertz CT molecular complexity index is 638. The third-order valence-electron chi connectivity index (χ3n) is 2.73. The summed E-state index contributed by atoms with van der Waals surface area (Å²) in [6, 6.07) is 1.93. The Kier molecular flexibility index (Phi) is 2.53. The van der Waals surface area contributed by atoms with Crippen LogP contribution in [-0.4, -0.2) is 4.98 Å². The fourth-order valence-electron chi connectivity index (χ4n) is 1.92. The van der Waals surface area contributed by atoms with Crippen molar-refractivity contribution in [1.29, 1.82) is 0 Å². The van der Waals surface area contributed by atoms with Crippen LogP contribution in [0.4, 0.5) is 8.78 Å². The van der Waals surface area contributed by atoms with Gasteiger partial charge in [-0.25, -0.2) is 8.78 Å². The van der Waals surface area contributed by atoms with Crippen molar-refractivity contribution in [2.75, 3.05) is 0 Å². The molecule has 1 N–H and O–H groups in total. The summed E-state index contributed by atoms with van der Waals surface area (Å²) >= 11 is 0. The zero-order valence-corrected chi connectivity index (χ0v) is 9.90. The van der Waals surface area contributed by atoms with E-state index >= 15 is 0 Å². The molecule has 90 valence electrons. The number of pyridine rings is 1. The third kappa shape index (κ3) is 1.95. The highest BCUT2D eigenvalue weighted by Crippen LogP contribution is 2.29. The van der Waals surface area contributed by atoms with E-state index in [4.69, 9.17) is 0 Å². The maximum Gasteiger partial charge on any atom is 0.258 e. The monoisotopic (exact) mass is 237 g/mol. The molecule has 17 heavy (non-hydrogen) atoms. The zero-order valence-electron chi connectivity index (χ0n) is 9.90. The molecule has 0 saturated heterocycles. The van der Waals surface area contributed by atoms with Gasteiger partial charge in [0.15, 0.2) is 0 Å². The highest BCUT2D eigenvalue weighted by Gasteiger charge is 2.20. The van der Waals surface area contributed by atoms with Crippen molar-refractivity contribution in [2.24, 2.45) is 0 Å². The fourth-order valence-corrected chi connectivity index (χ4v) is 1.92. The Morgan fingerprint density at radius 3 is 2.41 bits per heavy atom. The smallest absolute Gasteiger partial charge is 0.258 e. The molecule has 2 nitrogen and oxygen atoms in total. The standard InChI is InChI=1S/C13H13F2NO/c1-13(2,3)9-6-16-12(17)11-8(9)4-7(14)5-10(11)15/h4-6H,1-3H3,(H,16,17). The van der Waals surface area contributed by atoms with Crippen LogP contribution in [-0.2, 0) is 5.41 Å². The van der Waals surface area contributed by atoms with Gasteiger partial charge in [-0.1, -0.05) is 20.8 Å². The molecule has 2 aromatic rings. The van der Waals surface area contributed by atoms with Gasteiger partial charge in [-0.15, -0.1) is 0 Å². The van der Waals surface area contributed by atoms with Crippen molar-refractivity contribution in [3.63, 3.8) is 0 Å². The van der Waals surface area contributed by atoms with Gasteiger partial charge in [0.05, 0.1) is 5.39 Å². The van der Waals surface area contributed by atoms with Gasteiger partial charge >= 0.3 is 0 Å². The molecule has 0 amide bonds. The number of H-pyrrole nitrogens is 1. The lowest BCUT2D eigenvalue weighted by Crippen LogP contribution is -2.17. The Hall–Kier alpha value is -1.71. The summed E-state index contributed by atoms with van der Waals surface area (Å²) in [6.07, 6.45) is 1.52. The normalized spacial score (nSPS) is 12.1. The summed E-state index contributed by atoms with van der Waals surface area (Å²) in [6.45, 7) is 5.76. The van der Waals surface area contributed by atoms with E-state index in [1.54, 1.807) is 0 Å². The average Bonchev–Trinajstić information content (AvgIpc) is 2.14. The molecule has 0 aliphatic rings. The fraction of sp³-hybridized carbons (Fsp3) is 0.308. The Balaban J connectivity index is 3.00. The SMILES string of the molecule is CC(C)(C)c1c[nH]c(=O)c2c(F)cc(F)cc12. The van der Waals surface area contributed by atoms with Gasteiger partial charge in [-0.2, -0.15) is 0 Å². The molecule has 0 radical (unpaired) electrons. The van der Waals surface area contributed by atoms with Crippen LogP contribution in [0, 0.1) is 11.6 Å². The molecule has 1 aromatic heterocycles. The first-order chi connectivity index (χ1) is 7.80. The summed E-state index contributed by atoms with van der Waals surface area (Å²) < 4.78 is 26.9. The lowest BCUT2D eigenvalue weighted by atomic mass is 9.85. The highest BCUT2D eigenvalue weighted by atomic mass is 19.1. The molecule has 2 rings (SSSR count). The summed E-state index contributed by atoms with van der Waals surface area (Å²) in [7, 11) is 0. The first-order valence-electron chi connectivity index (χ1n) is 5.31. The molecule has 0 spiro atoms. The number of aromatic amines is 1. The molecular weight excluding hydrogens is 224 g/mol. The predicted octanol–water partition coefficient (Wildman–Crippen LogP) is 3.10. The van der Waals surface area contributed by atoms with Crippen molar-refractivity contribution in [1.82, 2.24) is 4.98 Å². The van der Waals surface area contributed by atoms with Crippen LogP contribution >= 0.6 is 0 Å². The second-order valence-corrected chi connectivity index (χ2v) is 5.09. The number of aromatic nitrogens is 1. The van der Waals surface area contributed by atoms with Crippen molar-refractivity contribution < 1.29 is 8.78 Å². The Morgan fingerprint density at radius 1 is 1.18 bits per heavy atom. The van der Waals surface area contributed by atoms with Gasteiger partial charge in [0.1, 0.15) is 11.6 Å². The summed E-state index contributed by atoms with van der Waals surface area (Å²) in [5.74, 6) is -1.50. The van der Waals surface area contributed by atoms with Crippen molar-refractivity contribution in [3.8, 4) is 0 Å². The highest BCUT2D eigenvalue weighted by molar-refractivity contribution is 5.86. The number of hydrogen-bond acceptors (Lipinski definition) is 1. The Labute approximate surface area is 97.3 Å². The molecular formula is C13H13F2NO. The van der Waals surface area contributed by atoms with Crippen molar-refractivity contribution >= 4 is 10.8 Å². The summed E-state index contributed by atoms with van der Waals surface area (Å²) in [5.41, 5.74) is -0.126. The quantitative estimate of drug-likeness (QED) is 0.750. The number of benzene rings is 1.